The molecule has 4 atom stereocenters. The van der Waals surface area contributed by atoms with E-state index in [-0.39, 0.29) is 23.7 Å². The Kier molecular flexibility index (Phi) is 10.8. The lowest BCUT2D eigenvalue weighted by atomic mass is 10.1. The fourth-order valence-electron chi connectivity index (χ4n) is 3.95. The molecule has 0 aliphatic carbocycles. The first-order valence-corrected chi connectivity index (χ1v) is 13.4. The molecule has 190 valence electrons. The summed E-state index contributed by atoms with van der Waals surface area (Å²) in [4.78, 5) is 0. The molecule has 4 rings (SSSR count). The summed E-state index contributed by atoms with van der Waals surface area (Å²) in [6, 6.07) is 30.3. The molecule has 0 bridgehead atoms. The topological polar surface area (TPSA) is 46.2 Å². The van der Waals surface area contributed by atoms with E-state index in [2.05, 4.69) is 0 Å². The van der Waals surface area contributed by atoms with Crippen LogP contribution in [0.2, 0.25) is 0 Å². The molecule has 1 fully saturated rings. The largest absolute Gasteiger partial charge is 0.479 e. The second-order valence-corrected chi connectivity index (χ2v) is 10.1. The first-order valence-electron chi connectivity index (χ1n) is 12.1. The molecule has 0 amide bonds. The summed E-state index contributed by atoms with van der Waals surface area (Å²) in [5, 5.41) is 0. The predicted molar refractivity (Wildman–Crippen MR) is 147 cm³/mol. The standard InChI is InChI=1S/C29H32O5S2/c1-2-31-29(35)36-28-27(33-20-24-16-10-5-11-17-24)26(32-19-23-14-8-4-9-15-23)25(34-28)21-30-18-22-12-6-3-7-13-22/h3-17,25-28H,2,18-21H2,1H3/t25-,26+,27-,28?/m1/s1. The van der Waals surface area contributed by atoms with E-state index < -0.39 is 0 Å². The molecule has 1 aliphatic rings. The number of hydrogen-bond acceptors (Lipinski definition) is 7. The highest BCUT2D eigenvalue weighted by atomic mass is 32.2. The van der Waals surface area contributed by atoms with Crippen LogP contribution in [0.3, 0.4) is 0 Å². The van der Waals surface area contributed by atoms with Gasteiger partial charge >= 0.3 is 0 Å². The molecule has 5 nitrogen and oxygen atoms in total. The lowest BCUT2D eigenvalue weighted by Crippen LogP contribution is -2.38. The second kappa shape index (κ2) is 14.5. The van der Waals surface area contributed by atoms with Gasteiger partial charge in [-0.15, -0.1) is 0 Å². The molecule has 1 unspecified atom stereocenters. The van der Waals surface area contributed by atoms with Crippen molar-refractivity contribution >= 4 is 28.4 Å². The van der Waals surface area contributed by atoms with Crippen molar-refractivity contribution < 1.29 is 23.7 Å². The SMILES string of the molecule is CCOC(=S)SC1O[C@H](COCc2ccccc2)[C@H](OCc2ccccc2)[C@H]1OCc1ccccc1. The third-order valence-electron chi connectivity index (χ3n) is 5.71. The van der Waals surface area contributed by atoms with Crippen LogP contribution in [0.15, 0.2) is 91.0 Å². The zero-order valence-electron chi connectivity index (χ0n) is 20.4. The maximum absolute atomic E-state index is 6.45. The summed E-state index contributed by atoms with van der Waals surface area (Å²) in [5.74, 6) is 0. The molecule has 1 heterocycles. The fraction of sp³-hybridized carbons (Fsp3) is 0.345. The van der Waals surface area contributed by atoms with E-state index in [1.165, 1.54) is 11.8 Å². The van der Waals surface area contributed by atoms with Crippen molar-refractivity contribution in [1.82, 2.24) is 0 Å². The number of benzene rings is 3. The summed E-state index contributed by atoms with van der Waals surface area (Å²) in [6.45, 7) is 4.18. The van der Waals surface area contributed by atoms with Gasteiger partial charge in [0.2, 0.25) is 4.38 Å². The summed E-state index contributed by atoms with van der Waals surface area (Å²) >= 11 is 6.78. The molecule has 0 N–H and O–H groups in total. The minimum Gasteiger partial charge on any atom is -0.479 e. The van der Waals surface area contributed by atoms with Crippen molar-refractivity contribution in [2.45, 2.75) is 50.5 Å². The monoisotopic (exact) mass is 524 g/mol. The maximum Gasteiger partial charge on any atom is 0.222 e. The van der Waals surface area contributed by atoms with E-state index >= 15 is 0 Å². The molecule has 3 aromatic carbocycles. The van der Waals surface area contributed by atoms with Crippen molar-refractivity contribution in [3.8, 4) is 0 Å². The number of rotatable bonds is 12. The maximum atomic E-state index is 6.45. The van der Waals surface area contributed by atoms with E-state index in [1.807, 2.05) is 97.9 Å². The zero-order chi connectivity index (χ0) is 25.0. The minimum atomic E-state index is -0.376. The average Bonchev–Trinajstić information content (AvgIpc) is 3.23. The zero-order valence-corrected chi connectivity index (χ0v) is 22.0. The molecular formula is C29H32O5S2. The van der Waals surface area contributed by atoms with Crippen molar-refractivity contribution in [2.24, 2.45) is 0 Å². The van der Waals surface area contributed by atoms with Crippen LogP contribution in [0.5, 0.6) is 0 Å². The molecule has 7 heteroatoms. The Labute approximate surface area is 223 Å². The lowest BCUT2D eigenvalue weighted by molar-refractivity contribution is -0.0895. The molecule has 1 saturated heterocycles. The molecule has 1 aliphatic heterocycles. The van der Waals surface area contributed by atoms with Crippen LogP contribution in [0.1, 0.15) is 23.6 Å². The smallest absolute Gasteiger partial charge is 0.222 e. The van der Waals surface area contributed by atoms with Crippen LogP contribution < -0.4 is 0 Å². The molecular weight excluding hydrogens is 492 g/mol. The number of ether oxygens (including phenoxy) is 5. The fourth-order valence-corrected chi connectivity index (χ4v) is 5.29. The van der Waals surface area contributed by atoms with Gasteiger partial charge in [0.25, 0.3) is 0 Å². The van der Waals surface area contributed by atoms with Crippen molar-refractivity contribution in [2.75, 3.05) is 13.2 Å². The van der Waals surface area contributed by atoms with Crippen LogP contribution in [0, 0.1) is 0 Å². The van der Waals surface area contributed by atoms with Crippen molar-refractivity contribution in [3.05, 3.63) is 108 Å². The van der Waals surface area contributed by atoms with E-state index in [4.69, 9.17) is 35.9 Å². The minimum absolute atomic E-state index is 0.319. The van der Waals surface area contributed by atoms with Crippen LogP contribution >= 0.6 is 24.0 Å². The van der Waals surface area contributed by atoms with E-state index in [9.17, 15) is 0 Å². The third kappa shape index (κ3) is 8.13. The Hall–Kier alpha value is -2.26. The van der Waals surface area contributed by atoms with Gasteiger partial charge in [-0.2, -0.15) is 0 Å². The number of thioether (sulfide) groups is 1. The van der Waals surface area contributed by atoms with Gasteiger partial charge in [-0.25, -0.2) is 0 Å². The second-order valence-electron chi connectivity index (χ2n) is 8.37. The number of thiocarbonyl (C=S) groups is 1. The Balaban J connectivity index is 1.49. The highest BCUT2D eigenvalue weighted by molar-refractivity contribution is 8.22. The molecule has 0 radical (unpaired) electrons. The van der Waals surface area contributed by atoms with Crippen molar-refractivity contribution in [3.63, 3.8) is 0 Å². The van der Waals surface area contributed by atoms with Crippen LogP contribution in [0.4, 0.5) is 0 Å². The third-order valence-corrected chi connectivity index (χ3v) is 7.03. The van der Waals surface area contributed by atoms with Gasteiger partial charge in [0.1, 0.15) is 23.7 Å². The Morgan fingerprint density at radius 3 is 1.78 bits per heavy atom. The first-order chi connectivity index (χ1) is 17.7. The van der Waals surface area contributed by atoms with E-state index in [0.29, 0.717) is 37.4 Å². The molecule has 0 saturated carbocycles. The van der Waals surface area contributed by atoms with Crippen molar-refractivity contribution in [1.29, 1.82) is 0 Å². The lowest BCUT2D eigenvalue weighted by Gasteiger charge is -2.25. The van der Waals surface area contributed by atoms with E-state index in [1.54, 1.807) is 0 Å². The average molecular weight is 525 g/mol. The Morgan fingerprint density at radius 1 is 0.750 bits per heavy atom. The van der Waals surface area contributed by atoms with Gasteiger partial charge in [-0.3, -0.25) is 0 Å². The molecule has 0 aromatic heterocycles. The quantitative estimate of drug-likeness (QED) is 0.263. The summed E-state index contributed by atoms with van der Waals surface area (Å²) in [6.07, 6.45) is -1.02. The van der Waals surface area contributed by atoms with Gasteiger partial charge in [0.05, 0.1) is 33.0 Å². The summed E-state index contributed by atoms with van der Waals surface area (Å²) in [7, 11) is 0. The number of hydrogen-bond donors (Lipinski definition) is 0. The highest BCUT2D eigenvalue weighted by Gasteiger charge is 2.47. The normalized spacial score (nSPS) is 21.4. The first kappa shape index (κ1) is 26.8. The van der Waals surface area contributed by atoms with Gasteiger partial charge in [0, 0.05) is 0 Å². The summed E-state index contributed by atoms with van der Waals surface area (Å²) < 4.78 is 31.4. The molecule has 3 aromatic rings. The molecule has 36 heavy (non-hydrogen) atoms. The van der Waals surface area contributed by atoms with Gasteiger partial charge < -0.3 is 23.7 Å². The Bertz CT molecular complexity index is 1040. The summed E-state index contributed by atoms with van der Waals surface area (Å²) in [5.41, 5.74) is 2.90. The van der Waals surface area contributed by atoms with Gasteiger partial charge in [0.15, 0.2) is 0 Å². The Morgan fingerprint density at radius 2 is 1.25 bits per heavy atom. The highest BCUT2D eigenvalue weighted by Crippen LogP contribution is 2.35. The predicted octanol–water partition coefficient (Wildman–Crippen LogP) is 6.15. The van der Waals surface area contributed by atoms with Crippen LogP contribution in [-0.4, -0.2) is 41.3 Å². The van der Waals surface area contributed by atoms with Gasteiger partial charge in [-0.05, 0) is 47.6 Å². The van der Waals surface area contributed by atoms with Crippen LogP contribution in [0.25, 0.3) is 0 Å². The van der Waals surface area contributed by atoms with E-state index in [0.717, 1.165) is 16.7 Å². The van der Waals surface area contributed by atoms with Crippen LogP contribution in [-0.2, 0) is 43.5 Å². The molecule has 0 spiro atoms. The van der Waals surface area contributed by atoms with Gasteiger partial charge in [-0.1, -0.05) is 91.0 Å².